The fourth-order valence-electron chi connectivity index (χ4n) is 4.50. The molecule has 2 aliphatic heterocycles. The second-order valence-electron chi connectivity index (χ2n) is 8.03. The zero-order valence-corrected chi connectivity index (χ0v) is 16.5. The van der Waals surface area contributed by atoms with E-state index < -0.39 is 0 Å². The maximum absolute atomic E-state index is 4.89. The standard InChI is InChI=1S/C20H28N8/c1-25-17(6-10-21-25)9-15-26-13-7-16(8-14-26)20-23-22-18-4-5-19(24-28(18)20)27-11-2-3-12-27/h4-6,10,16H,2-3,7-9,11-15H2,1H3. The minimum Gasteiger partial charge on any atom is -0.355 e. The Bertz CT molecular complexity index is 931. The van der Waals surface area contributed by atoms with Crippen LogP contribution in [0, 0.1) is 0 Å². The molecule has 0 aromatic carbocycles. The lowest BCUT2D eigenvalue weighted by molar-refractivity contribution is 0.209. The molecule has 28 heavy (non-hydrogen) atoms. The third-order valence-corrected chi connectivity index (χ3v) is 6.26. The Hall–Kier alpha value is -2.48. The second kappa shape index (κ2) is 7.50. The predicted molar refractivity (Wildman–Crippen MR) is 108 cm³/mol. The number of rotatable bonds is 5. The Kier molecular flexibility index (Phi) is 4.72. The quantitative estimate of drug-likeness (QED) is 0.673. The highest BCUT2D eigenvalue weighted by molar-refractivity contribution is 5.46. The Morgan fingerprint density at radius 1 is 1.00 bits per heavy atom. The molecular weight excluding hydrogens is 352 g/mol. The highest BCUT2D eigenvalue weighted by atomic mass is 15.4. The van der Waals surface area contributed by atoms with E-state index in [9.17, 15) is 0 Å². The summed E-state index contributed by atoms with van der Waals surface area (Å²) in [6.45, 7) is 5.49. The van der Waals surface area contributed by atoms with E-state index in [2.05, 4.69) is 43.3 Å². The van der Waals surface area contributed by atoms with Crippen molar-refractivity contribution < 1.29 is 0 Å². The number of likely N-dealkylation sites (tertiary alicyclic amines) is 1. The van der Waals surface area contributed by atoms with Crippen LogP contribution in [0.3, 0.4) is 0 Å². The van der Waals surface area contributed by atoms with E-state index >= 15 is 0 Å². The van der Waals surface area contributed by atoms with Gasteiger partial charge in [-0.05, 0) is 57.0 Å². The normalized spacial score (nSPS) is 19.1. The van der Waals surface area contributed by atoms with Crippen LogP contribution in [0.1, 0.15) is 43.1 Å². The third kappa shape index (κ3) is 3.37. The SMILES string of the molecule is Cn1nccc1CCN1CCC(c2nnc3ccc(N4CCCC4)nn23)CC1. The molecule has 3 aromatic rings. The minimum absolute atomic E-state index is 0.435. The molecule has 8 heteroatoms. The first-order valence-corrected chi connectivity index (χ1v) is 10.4. The van der Waals surface area contributed by atoms with Crippen molar-refractivity contribution >= 4 is 11.5 Å². The molecule has 0 radical (unpaired) electrons. The summed E-state index contributed by atoms with van der Waals surface area (Å²) >= 11 is 0. The molecule has 5 rings (SSSR count). The molecule has 0 aliphatic carbocycles. The molecule has 2 fully saturated rings. The van der Waals surface area contributed by atoms with Crippen molar-refractivity contribution in [1.29, 1.82) is 0 Å². The van der Waals surface area contributed by atoms with Crippen LogP contribution in [0.15, 0.2) is 24.4 Å². The van der Waals surface area contributed by atoms with Crippen LogP contribution >= 0.6 is 0 Å². The molecule has 0 N–H and O–H groups in total. The number of hydrogen-bond donors (Lipinski definition) is 0. The average Bonchev–Trinajstić information content (AvgIpc) is 3.47. The molecule has 0 saturated carbocycles. The summed E-state index contributed by atoms with van der Waals surface area (Å²) in [6, 6.07) is 6.25. The molecule has 0 atom stereocenters. The summed E-state index contributed by atoms with van der Waals surface area (Å²) in [5, 5.41) is 18.0. The van der Waals surface area contributed by atoms with Crippen molar-refractivity contribution in [1.82, 2.24) is 34.5 Å². The zero-order valence-electron chi connectivity index (χ0n) is 16.5. The van der Waals surface area contributed by atoms with Gasteiger partial charge in [-0.15, -0.1) is 15.3 Å². The van der Waals surface area contributed by atoms with Crippen molar-refractivity contribution in [2.75, 3.05) is 37.6 Å². The van der Waals surface area contributed by atoms with Gasteiger partial charge in [-0.25, -0.2) is 0 Å². The second-order valence-corrected chi connectivity index (χ2v) is 8.03. The van der Waals surface area contributed by atoms with E-state index in [1.54, 1.807) is 0 Å². The largest absolute Gasteiger partial charge is 0.355 e. The van der Waals surface area contributed by atoms with Crippen LogP contribution in [0.5, 0.6) is 0 Å². The number of aromatic nitrogens is 6. The molecule has 0 amide bonds. The number of piperidine rings is 1. The molecule has 0 unspecified atom stereocenters. The van der Waals surface area contributed by atoms with E-state index in [0.29, 0.717) is 5.92 Å². The van der Waals surface area contributed by atoms with Gasteiger partial charge in [-0.1, -0.05) is 0 Å². The third-order valence-electron chi connectivity index (χ3n) is 6.26. The number of anilines is 1. The Balaban J connectivity index is 1.25. The van der Waals surface area contributed by atoms with Gasteiger partial charge in [0.2, 0.25) is 0 Å². The van der Waals surface area contributed by atoms with Gasteiger partial charge in [-0.2, -0.15) is 9.61 Å². The van der Waals surface area contributed by atoms with Gasteiger partial charge in [0.05, 0.1) is 0 Å². The van der Waals surface area contributed by atoms with E-state index in [-0.39, 0.29) is 0 Å². The van der Waals surface area contributed by atoms with Crippen molar-refractivity contribution in [3.63, 3.8) is 0 Å². The number of fused-ring (bicyclic) bond motifs is 1. The summed E-state index contributed by atoms with van der Waals surface area (Å²) in [5.74, 6) is 2.52. The van der Waals surface area contributed by atoms with E-state index in [4.69, 9.17) is 5.10 Å². The number of hydrogen-bond acceptors (Lipinski definition) is 6. The molecule has 3 aromatic heterocycles. The Morgan fingerprint density at radius 2 is 1.82 bits per heavy atom. The van der Waals surface area contributed by atoms with Gasteiger partial charge in [0.15, 0.2) is 11.5 Å². The molecule has 0 spiro atoms. The lowest BCUT2D eigenvalue weighted by Crippen LogP contribution is -2.35. The fourth-order valence-corrected chi connectivity index (χ4v) is 4.50. The summed E-state index contributed by atoms with van der Waals surface area (Å²) < 4.78 is 3.96. The molecule has 0 bridgehead atoms. The van der Waals surface area contributed by atoms with Crippen LogP contribution in [0.25, 0.3) is 5.65 Å². The average molecular weight is 381 g/mol. The molecule has 2 aliphatic rings. The molecule has 5 heterocycles. The molecular formula is C20H28N8. The Labute approximate surface area is 165 Å². The van der Waals surface area contributed by atoms with Crippen molar-refractivity contribution in [2.45, 2.75) is 38.0 Å². The van der Waals surface area contributed by atoms with E-state index in [1.807, 2.05) is 22.4 Å². The van der Waals surface area contributed by atoms with Crippen LogP contribution in [-0.4, -0.2) is 67.2 Å². The van der Waals surface area contributed by atoms with Gasteiger partial charge in [0, 0.05) is 50.9 Å². The zero-order chi connectivity index (χ0) is 18.9. The van der Waals surface area contributed by atoms with Gasteiger partial charge < -0.3 is 9.80 Å². The van der Waals surface area contributed by atoms with Crippen molar-refractivity contribution in [3.05, 3.63) is 35.9 Å². The van der Waals surface area contributed by atoms with Gasteiger partial charge in [-0.3, -0.25) is 4.68 Å². The number of aryl methyl sites for hydroxylation is 1. The van der Waals surface area contributed by atoms with Gasteiger partial charge in [0.1, 0.15) is 5.82 Å². The first-order valence-electron chi connectivity index (χ1n) is 10.4. The smallest absolute Gasteiger partial charge is 0.178 e. The van der Waals surface area contributed by atoms with Crippen LogP contribution < -0.4 is 4.90 Å². The minimum atomic E-state index is 0.435. The first kappa shape index (κ1) is 17.6. The van der Waals surface area contributed by atoms with Crippen molar-refractivity contribution in [2.24, 2.45) is 7.05 Å². The van der Waals surface area contributed by atoms with Crippen LogP contribution in [0.4, 0.5) is 5.82 Å². The maximum atomic E-state index is 4.89. The number of nitrogens with zero attached hydrogens (tertiary/aromatic N) is 8. The predicted octanol–water partition coefficient (Wildman–Crippen LogP) is 1.88. The lowest BCUT2D eigenvalue weighted by atomic mass is 9.96. The van der Waals surface area contributed by atoms with Crippen LogP contribution in [0.2, 0.25) is 0 Å². The van der Waals surface area contributed by atoms with Crippen molar-refractivity contribution in [3.8, 4) is 0 Å². The summed E-state index contributed by atoms with van der Waals surface area (Å²) in [5.41, 5.74) is 2.15. The molecule has 8 nitrogen and oxygen atoms in total. The van der Waals surface area contributed by atoms with E-state index in [1.165, 1.54) is 18.5 Å². The lowest BCUT2D eigenvalue weighted by Gasteiger charge is -2.31. The summed E-state index contributed by atoms with van der Waals surface area (Å²) in [4.78, 5) is 4.92. The monoisotopic (exact) mass is 380 g/mol. The Morgan fingerprint density at radius 3 is 2.57 bits per heavy atom. The highest BCUT2D eigenvalue weighted by Gasteiger charge is 2.25. The van der Waals surface area contributed by atoms with Crippen LogP contribution in [-0.2, 0) is 13.5 Å². The van der Waals surface area contributed by atoms with Gasteiger partial charge >= 0.3 is 0 Å². The topological polar surface area (TPSA) is 67.4 Å². The first-order chi connectivity index (χ1) is 13.8. The van der Waals surface area contributed by atoms with E-state index in [0.717, 1.165) is 69.3 Å². The molecule has 148 valence electrons. The van der Waals surface area contributed by atoms with Gasteiger partial charge in [0.25, 0.3) is 0 Å². The fraction of sp³-hybridized carbons (Fsp3) is 0.600. The molecule has 2 saturated heterocycles. The summed E-state index contributed by atoms with van der Waals surface area (Å²) in [6.07, 6.45) is 7.67. The maximum Gasteiger partial charge on any atom is 0.178 e. The highest BCUT2D eigenvalue weighted by Crippen LogP contribution is 2.27. The summed E-state index contributed by atoms with van der Waals surface area (Å²) in [7, 11) is 2.02.